The van der Waals surface area contributed by atoms with Crippen molar-refractivity contribution in [2.45, 2.75) is 37.6 Å². The number of nitrogens with one attached hydrogen (secondary N) is 3. The van der Waals surface area contributed by atoms with Gasteiger partial charge in [0.15, 0.2) is 0 Å². The molecule has 1 atom stereocenters. The highest BCUT2D eigenvalue weighted by molar-refractivity contribution is 6.27. The van der Waals surface area contributed by atoms with Gasteiger partial charge in [-0.3, -0.25) is 19.9 Å². The number of phenolic OH excluding ortho intramolecular Hbond substituents is 1. The van der Waals surface area contributed by atoms with Crippen LogP contribution in [0.5, 0.6) is 5.75 Å². The molecule has 48 heavy (non-hydrogen) atoms. The molecule has 1 unspecified atom stereocenters. The third-order valence-electron chi connectivity index (χ3n) is 9.30. The lowest BCUT2D eigenvalue weighted by Crippen LogP contribution is -2.61. The quantitative estimate of drug-likeness (QED) is 0.0634. The van der Waals surface area contributed by atoms with E-state index in [1.807, 2.05) is 32.3 Å². The molecule has 3 aromatic rings. The molecule has 248 valence electrons. The molecule has 2 heterocycles. The van der Waals surface area contributed by atoms with E-state index in [-0.39, 0.29) is 22.7 Å². The van der Waals surface area contributed by atoms with Crippen LogP contribution >= 0.6 is 0 Å². The fourth-order valence-corrected chi connectivity index (χ4v) is 6.89. The Labute approximate surface area is 281 Å². The maximum atomic E-state index is 13.1. The van der Waals surface area contributed by atoms with Crippen molar-refractivity contribution >= 4 is 40.9 Å². The number of amidine groups is 1. The Kier molecular flexibility index (Phi) is 10.0. The normalized spacial score (nSPS) is 17.1. The molecule has 6 rings (SSSR count). The topological polar surface area (TPSA) is 164 Å². The summed E-state index contributed by atoms with van der Waals surface area (Å²) in [6, 6.07) is 19.1. The number of allylic oxidation sites excluding steroid dienone is 2. The number of aldehydes is 1. The van der Waals surface area contributed by atoms with Crippen LogP contribution < -0.4 is 16.0 Å². The van der Waals surface area contributed by atoms with Crippen molar-refractivity contribution in [3.63, 3.8) is 0 Å². The van der Waals surface area contributed by atoms with Gasteiger partial charge in [0.05, 0.1) is 22.9 Å². The number of amides is 2. The molecule has 2 amide bonds. The number of rotatable bonds is 11. The highest BCUT2D eigenvalue weighted by Gasteiger charge is 2.53. The molecule has 3 aliphatic rings. The van der Waals surface area contributed by atoms with Crippen LogP contribution in [0.4, 0.5) is 5.69 Å². The Morgan fingerprint density at radius 1 is 1.04 bits per heavy atom. The number of nitrogens with zero attached hydrogens (tertiary/aromatic N) is 2. The average Bonchev–Trinajstić information content (AvgIpc) is 3.28. The summed E-state index contributed by atoms with van der Waals surface area (Å²) in [6.07, 6.45) is 6.82. The van der Waals surface area contributed by atoms with Crippen molar-refractivity contribution in [1.82, 2.24) is 10.2 Å². The zero-order valence-corrected chi connectivity index (χ0v) is 27.3. The average molecular weight is 647 g/mol. The molecule has 10 heteroatoms. The summed E-state index contributed by atoms with van der Waals surface area (Å²) in [5.41, 5.74) is 10.5. The van der Waals surface area contributed by atoms with E-state index in [2.05, 4.69) is 28.9 Å². The number of carbonyl (C=O) groups excluding carboxylic acids is 3. The third-order valence-corrected chi connectivity index (χ3v) is 9.30. The van der Waals surface area contributed by atoms with Gasteiger partial charge in [0, 0.05) is 35.3 Å². The number of phenols is 1. The minimum atomic E-state index is -0.797. The van der Waals surface area contributed by atoms with E-state index in [0.717, 1.165) is 42.1 Å². The molecule has 2 fully saturated rings. The summed E-state index contributed by atoms with van der Waals surface area (Å²) >= 11 is 0. The summed E-state index contributed by atoms with van der Waals surface area (Å²) in [6.45, 7) is 5.40. The summed E-state index contributed by atoms with van der Waals surface area (Å²) in [4.78, 5) is 41.1. The van der Waals surface area contributed by atoms with Crippen LogP contribution in [0.15, 0.2) is 85.5 Å². The van der Waals surface area contributed by atoms with Crippen LogP contribution in [0.2, 0.25) is 0 Å². The molecule has 0 radical (unpaired) electrons. The highest BCUT2D eigenvalue weighted by atomic mass is 16.3. The van der Waals surface area contributed by atoms with Gasteiger partial charge in [-0.15, -0.1) is 6.58 Å². The van der Waals surface area contributed by atoms with Crippen molar-refractivity contribution < 1.29 is 19.5 Å². The van der Waals surface area contributed by atoms with Crippen LogP contribution in [0.1, 0.15) is 69.0 Å². The largest absolute Gasteiger partial charge is 0.507 e. The van der Waals surface area contributed by atoms with Gasteiger partial charge in [-0.05, 0) is 93.2 Å². The Balaban J connectivity index is 0.00000145. The van der Waals surface area contributed by atoms with E-state index in [4.69, 9.17) is 16.6 Å². The molecule has 1 saturated heterocycles. The van der Waals surface area contributed by atoms with Crippen molar-refractivity contribution in [3.05, 3.63) is 113 Å². The van der Waals surface area contributed by atoms with Gasteiger partial charge in [-0.25, -0.2) is 0 Å². The number of hydrogen-bond acceptors (Lipinski definition) is 8. The summed E-state index contributed by atoms with van der Waals surface area (Å²) in [5, 5.41) is 29.3. The van der Waals surface area contributed by atoms with Crippen LogP contribution in [0.3, 0.4) is 0 Å². The van der Waals surface area contributed by atoms with Crippen LogP contribution in [0.25, 0.3) is 5.57 Å². The lowest BCUT2D eigenvalue weighted by molar-refractivity contribution is -0.111. The van der Waals surface area contributed by atoms with Crippen molar-refractivity contribution in [1.29, 1.82) is 10.8 Å². The zero-order valence-electron chi connectivity index (χ0n) is 27.3. The number of anilines is 1. The first-order valence-electron chi connectivity index (χ1n) is 16.0. The molecule has 3 aromatic carbocycles. The second-order valence-corrected chi connectivity index (χ2v) is 12.8. The number of aromatic hydroxyl groups is 1. The number of fused-ring (bicyclic) bond motifs is 1. The smallest absolute Gasteiger partial charge is 0.262 e. The molecule has 2 aliphatic heterocycles. The fraction of sp³-hybridized carbons (Fsp3) is 0.289. The van der Waals surface area contributed by atoms with E-state index in [9.17, 15) is 19.5 Å². The third kappa shape index (κ3) is 6.57. The summed E-state index contributed by atoms with van der Waals surface area (Å²) < 4.78 is 0. The van der Waals surface area contributed by atoms with Crippen molar-refractivity contribution in [2.75, 3.05) is 32.1 Å². The monoisotopic (exact) mass is 646 g/mol. The number of para-hydroxylation sites is 1. The standard InChI is InChI=1S/C36H35N5O4.C2H7N/c1-2-3-6-26(19-42)41-34(44)27-14-13-25(15-30(27)35(41)45)40-20-36(21-40)17-24(18-36)22-9-11-23(12-10-22)29(33(38)39)16-31(37)28-7-4-5-8-32(28)43;1-3-2/h2,4-5,7-16,19,24,26,37,43H,1,3,6,17-18,20-21H2,(H3,38,39);3H,1-2H3/b29-16-,37-31?;. The maximum Gasteiger partial charge on any atom is 0.262 e. The SMILES string of the molecule is C=CCCC(C=O)N1C(=O)c2ccc(N3CC4(CC(c5ccc(/C(=C/C(=N)c6ccccc6O)C(=N)N)cc5)C4)C3)cc2C1=O.CNC. The highest BCUT2D eigenvalue weighted by Crippen LogP contribution is 2.57. The number of hydrogen-bond donors (Lipinski definition) is 5. The second kappa shape index (κ2) is 14.2. The Morgan fingerprint density at radius 2 is 1.69 bits per heavy atom. The molecule has 10 nitrogen and oxygen atoms in total. The number of benzene rings is 3. The summed E-state index contributed by atoms with van der Waals surface area (Å²) in [5.74, 6) is -0.580. The molecule has 1 aliphatic carbocycles. The lowest BCUT2D eigenvalue weighted by Gasteiger charge is -2.60. The van der Waals surface area contributed by atoms with Gasteiger partial charge in [0.25, 0.3) is 11.8 Å². The van der Waals surface area contributed by atoms with Gasteiger partial charge in [-0.2, -0.15) is 0 Å². The molecule has 1 spiro atoms. The van der Waals surface area contributed by atoms with Gasteiger partial charge in [-0.1, -0.05) is 42.5 Å². The number of carbonyl (C=O) groups is 3. The Bertz CT molecular complexity index is 1780. The van der Waals surface area contributed by atoms with Crippen LogP contribution in [-0.2, 0) is 4.79 Å². The van der Waals surface area contributed by atoms with E-state index >= 15 is 0 Å². The Morgan fingerprint density at radius 3 is 2.29 bits per heavy atom. The molecular formula is C38H42N6O4. The molecular weight excluding hydrogens is 604 g/mol. The van der Waals surface area contributed by atoms with Gasteiger partial charge in [0.1, 0.15) is 17.9 Å². The minimum Gasteiger partial charge on any atom is -0.507 e. The minimum absolute atomic E-state index is 0.000442. The van der Waals surface area contributed by atoms with E-state index < -0.39 is 17.9 Å². The van der Waals surface area contributed by atoms with Gasteiger partial charge in [0.2, 0.25) is 0 Å². The first-order valence-corrected chi connectivity index (χ1v) is 16.0. The van der Waals surface area contributed by atoms with E-state index in [1.165, 1.54) is 17.7 Å². The first-order chi connectivity index (χ1) is 23.1. The molecule has 0 aromatic heterocycles. The molecule has 1 saturated carbocycles. The predicted octanol–water partition coefficient (Wildman–Crippen LogP) is 5.13. The van der Waals surface area contributed by atoms with Crippen LogP contribution in [0, 0.1) is 16.2 Å². The maximum absolute atomic E-state index is 13.1. The number of nitrogens with two attached hydrogens (primary N) is 1. The summed E-state index contributed by atoms with van der Waals surface area (Å²) in [7, 11) is 3.75. The Hall–Kier alpha value is -5.35. The van der Waals surface area contributed by atoms with Crippen molar-refractivity contribution in [3.8, 4) is 5.75 Å². The molecule has 0 bridgehead atoms. The van der Waals surface area contributed by atoms with Gasteiger partial charge >= 0.3 is 0 Å². The fourth-order valence-electron chi connectivity index (χ4n) is 6.89. The number of imide groups is 1. The second-order valence-electron chi connectivity index (χ2n) is 12.8. The van der Waals surface area contributed by atoms with Crippen LogP contribution in [-0.4, -0.2) is 72.9 Å². The van der Waals surface area contributed by atoms with E-state index in [0.29, 0.717) is 47.3 Å². The lowest BCUT2D eigenvalue weighted by atomic mass is 9.56. The van der Waals surface area contributed by atoms with E-state index in [1.54, 1.807) is 36.4 Å². The molecule has 6 N–H and O–H groups in total. The van der Waals surface area contributed by atoms with Crippen molar-refractivity contribution in [2.24, 2.45) is 11.1 Å². The predicted molar refractivity (Wildman–Crippen MR) is 189 cm³/mol. The first kappa shape index (κ1) is 34.0. The van der Waals surface area contributed by atoms with Gasteiger partial charge < -0.3 is 31.3 Å². The zero-order chi connectivity index (χ0) is 34.6.